The quantitative estimate of drug-likeness (QED) is 0.674. The molecule has 0 amide bonds. The lowest BCUT2D eigenvalue weighted by atomic mass is 9.47. The number of esters is 1. The van der Waals surface area contributed by atoms with E-state index in [1.54, 1.807) is 13.0 Å². The van der Waals surface area contributed by atoms with Crippen LogP contribution in [0.25, 0.3) is 0 Å². The van der Waals surface area contributed by atoms with E-state index in [4.69, 9.17) is 9.47 Å². The minimum absolute atomic E-state index is 0.0168. The van der Waals surface area contributed by atoms with Crippen molar-refractivity contribution in [2.24, 2.45) is 34.5 Å². The van der Waals surface area contributed by atoms with Crippen molar-refractivity contribution < 1.29 is 23.9 Å². The predicted molar refractivity (Wildman–Crippen MR) is 108 cm³/mol. The number of carbonyl (C=O) groups excluding carboxylic acids is 3. The van der Waals surface area contributed by atoms with Crippen molar-refractivity contribution in [3.63, 3.8) is 0 Å². The van der Waals surface area contributed by atoms with Gasteiger partial charge in [-0.15, -0.1) is 0 Å². The molecule has 4 aliphatic rings. The van der Waals surface area contributed by atoms with Gasteiger partial charge in [0.2, 0.25) is 0 Å². The molecule has 2 saturated carbocycles. The van der Waals surface area contributed by atoms with Crippen LogP contribution in [-0.4, -0.2) is 37.4 Å². The molecule has 158 valence electrons. The second kappa shape index (κ2) is 7.19. The van der Waals surface area contributed by atoms with Crippen molar-refractivity contribution in [3.8, 4) is 0 Å². The van der Waals surface area contributed by atoms with E-state index in [9.17, 15) is 14.4 Å². The van der Waals surface area contributed by atoms with Crippen LogP contribution in [0.5, 0.6) is 0 Å². The molecule has 5 nitrogen and oxygen atoms in total. The zero-order chi connectivity index (χ0) is 21.0. The van der Waals surface area contributed by atoms with Gasteiger partial charge in [0, 0.05) is 25.4 Å². The van der Waals surface area contributed by atoms with Crippen molar-refractivity contribution in [1.82, 2.24) is 0 Å². The van der Waals surface area contributed by atoms with E-state index >= 15 is 0 Å². The second-order valence-electron chi connectivity index (χ2n) is 9.96. The Balaban J connectivity index is 1.78. The summed E-state index contributed by atoms with van der Waals surface area (Å²) in [7, 11) is 1.49. The van der Waals surface area contributed by atoms with Gasteiger partial charge in [-0.05, 0) is 66.9 Å². The molecule has 2 fully saturated rings. The van der Waals surface area contributed by atoms with Crippen LogP contribution in [0.4, 0.5) is 0 Å². The highest BCUT2D eigenvalue weighted by Gasteiger charge is 2.62. The molecule has 0 N–H and O–H groups in total. The van der Waals surface area contributed by atoms with E-state index in [1.165, 1.54) is 7.11 Å². The third-order valence-electron chi connectivity index (χ3n) is 8.47. The zero-order valence-corrected chi connectivity index (χ0v) is 17.9. The van der Waals surface area contributed by atoms with Crippen LogP contribution >= 0.6 is 0 Å². The lowest BCUT2D eigenvalue weighted by Crippen LogP contribution is -2.57. The first-order valence-electron chi connectivity index (χ1n) is 10.8. The van der Waals surface area contributed by atoms with Crippen LogP contribution in [0, 0.1) is 34.5 Å². The Morgan fingerprint density at radius 3 is 2.69 bits per heavy atom. The van der Waals surface area contributed by atoms with Crippen molar-refractivity contribution in [2.75, 3.05) is 13.7 Å². The van der Waals surface area contributed by atoms with E-state index in [1.807, 2.05) is 0 Å². The molecule has 0 unspecified atom stereocenters. The maximum atomic E-state index is 12.4. The minimum atomic E-state index is -0.355. The average Bonchev–Trinajstić information content (AvgIpc) is 2.99. The van der Waals surface area contributed by atoms with Crippen LogP contribution in [0.3, 0.4) is 0 Å². The highest BCUT2D eigenvalue weighted by molar-refractivity contribution is 5.92. The highest BCUT2D eigenvalue weighted by atomic mass is 16.6. The number of ether oxygens (including phenoxy) is 2. The van der Waals surface area contributed by atoms with E-state index in [0.29, 0.717) is 18.8 Å². The molecule has 0 aromatic rings. The monoisotopic (exact) mass is 400 g/mol. The van der Waals surface area contributed by atoms with Crippen LogP contribution in [0.2, 0.25) is 0 Å². The van der Waals surface area contributed by atoms with Gasteiger partial charge in [-0.2, -0.15) is 0 Å². The summed E-state index contributed by atoms with van der Waals surface area (Å²) >= 11 is 0. The van der Waals surface area contributed by atoms with Crippen molar-refractivity contribution >= 4 is 17.5 Å². The largest absolute Gasteiger partial charge is 0.460 e. The van der Waals surface area contributed by atoms with Gasteiger partial charge in [-0.3, -0.25) is 9.59 Å². The van der Waals surface area contributed by atoms with Gasteiger partial charge >= 0.3 is 5.97 Å². The Labute approximate surface area is 172 Å². The molecular formula is C24H32O5. The summed E-state index contributed by atoms with van der Waals surface area (Å²) in [6.07, 6.45) is 9.81. The topological polar surface area (TPSA) is 69.7 Å². The Bertz CT molecular complexity index is 795. The SMILES string of the molecule is COCC(=O)O[C@H]1C[C@]2(C)[C@@H](C(C)=O)CC[C@H]2[C@@H]2C=CC3=CC(=O)CC[C@@]3(C)[C@@H]21. The van der Waals surface area contributed by atoms with Crippen molar-refractivity contribution in [2.45, 2.75) is 59.0 Å². The average molecular weight is 401 g/mol. The highest BCUT2D eigenvalue weighted by Crippen LogP contribution is 2.65. The van der Waals surface area contributed by atoms with E-state index in [2.05, 4.69) is 26.0 Å². The third-order valence-corrected chi connectivity index (χ3v) is 8.47. The number of allylic oxidation sites excluding steroid dienone is 4. The fraction of sp³-hybridized carbons (Fsp3) is 0.708. The van der Waals surface area contributed by atoms with Gasteiger partial charge in [0.1, 0.15) is 18.5 Å². The minimum Gasteiger partial charge on any atom is -0.460 e. The van der Waals surface area contributed by atoms with E-state index < -0.39 is 0 Å². The number of rotatable bonds is 4. The second-order valence-corrected chi connectivity index (χ2v) is 9.96. The first-order valence-corrected chi connectivity index (χ1v) is 10.8. The maximum Gasteiger partial charge on any atom is 0.332 e. The Morgan fingerprint density at radius 1 is 1.24 bits per heavy atom. The van der Waals surface area contributed by atoms with Gasteiger partial charge in [-0.1, -0.05) is 26.0 Å². The van der Waals surface area contributed by atoms with Crippen LogP contribution < -0.4 is 0 Å². The number of Topliss-reactive ketones (excluding diaryl/α,β-unsaturated/α-hetero) is 1. The third kappa shape index (κ3) is 3.13. The number of fused-ring (bicyclic) bond motifs is 5. The van der Waals surface area contributed by atoms with Crippen molar-refractivity contribution in [1.29, 1.82) is 0 Å². The van der Waals surface area contributed by atoms with Gasteiger partial charge in [-0.25, -0.2) is 4.79 Å². The molecule has 7 atom stereocenters. The normalized spacial score (nSPS) is 43.1. The molecule has 0 radical (unpaired) electrons. The molecule has 0 bridgehead atoms. The van der Waals surface area contributed by atoms with Gasteiger partial charge in [0.15, 0.2) is 5.78 Å². The van der Waals surface area contributed by atoms with Gasteiger partial charge < -0.3 is 9.47 Å². The number of methoxy groups -OCH3 is 1. The summed E-state index contributed by atoms with van der Waals surface area (Å²) in [6.45, 7) is 6.07. The summed E-state index contributed by atoms with van der Waals surface area (Å²) in [4.78, 5) is 36.9. The van der Waals surface area contributed by atoms with Crippen LogP contribution in [0.1, 0.15) is 52.9 Å². The summed E-state index contributed by atoms with van der Waals surface area (Å²) in [5.41, 5.74) is 0.700. The summed E-state index contributed by atoms with van der Waals surface area (Å²) < 4.78 is 11.0. The molecule has 29 heavy (non-hydrogen) atoms. The smallest absolute Gasteiger partial charge is 0.332 e. The maximum absolute atomic E-state index is 12.4. The number of ketones is 2. The van der Waals surface area contributed by atoms with E-state index in [-0.39, 0.29) is 58.8 Å². The van der Waals surface area contributed by atoms with Gasteiger partial charge in [0.25, 0.3) is 0 Å². The summed E-state index contributed by atoms with van der Waals surface area (Å²) in [5.74, 6) is 0.836. The number of carbonyl (C=O) groups is 3. The molecule has 0 saturated heterocycles. The molecule has 0 aliphatic heterocycles. The molecule has 0 aromatic heterocycles. The zero-order valence-electron chi connectivity index (χ0n) is 17.9. The molecule has 4 rings (SSSR count). The molecule has 4 aliphatic carbocycles. The summed E-state index contributed by atoms with van der Waals surface area (Å²) in [5, 5.41) is 0. The first kappa shape index (κ1) is 20.5. The lowest BCUT2D eigenvalue weighted by Gasteiger charge is -2.58. The fourth-order valence-electron chi connectivity index (χ4n) is 7.19. The number of hydrogen-bond acceptors (Lipinski definition) is 5. The lowest BCUT2D eigenvalue weighted by molar-refractivity contribution is -0.174. The molecule has 0 heterocycles. The number of hydrogen-bond donors (Lipinski definition) is 0. The summed E-state index contributed by atoms with van der Waals surface area (Å²) in [6, 6.07) is 0. The Hall–Kier alpha value is -1.75. The van der Waals surface area contributed by atoms with E-state index in [0.717, 1.165) is 24.8 Å². The fourth-order valence-corrected chi connectivity index (χ4v) is 7.19. The standard InChI is InChI=1S/C24H32O5/c1-14(25)18-7-8-19-17-6-5-15-11-16(26)9-10-23(15,2)22(17)20(12-24(18,19)3)29-21(27)13-28-4/h5-6,11,17-20,22H,7-10,12-13H2,1-4H3/t17-,18+,19-,20-,22-,23+,24+/m0/s1. The predicted octanol–water partition coefficient (Wildman–Crippen LogP) is 3.67. The first-order chi connectivity index (χ1) is 13.7. The molecular weight excluding hydrogens is 368 g/mol. The van der Waals surface area contributed by atoms with Crippen LogP contribution in [0.15, 0.2) is 23.8 Å². The molecule has 0 spiro atoms. The van der Waals surface area contributed by atoms with Crippen molar-refractivity contribution in [3.05, 3.63) is 23.8 Å². The molecule has 0 aromatic carbocycles. The Kier molecular flexibility index (Phi) is 5.09. The molecule has 5 heteroatoms. The Morgan fingerprint density at radius 2 is 2.00 bits per heavy atom. The van der Waals surface area contributed by atoms with Crippen LogP contribution in [-0.2, 0) is 23.9 Å². The van der Waals surface area contributed by atoms with Gasteiger partial charge in [0.05, 0.1) is 0 Å².